The lowest BCUT2D eigenvalue weighted by Gasteiger charge is -2.20. The molecule has 0 saturated heterocycles. The molecular formula is C17H18FN3OS. The van der Waals surface area contributed by atoms with E-state index in [9.17, 15) is 14.8 Å². The van der Waals surface area contributed by atoms with E-state index in [0.29, 0.717) is 22.7 Å². The number of hydrogen-bond acceptors (Lipinski definition) is 5. The molecule has 0 aliphatic heterocycles. The largest absolute Gasteiger partial charge is 0.395 e. The van der Waals surface area contributed by atoms with E-state index in [2.05, 4.69) is 11.1 Å². The summed E-state index contributed by atoms with van der Waals surface area (Å²) in [5.74, 6) is 0. The highest BCUT2D eigenvalue weighted by molar-refractivity contribution is 7.99. The molecule has 0 unspecified atom stereocenters. The van der Waals surface area contributed by atoms with Gasteiger partial charge in [0.25, 0.3) is 0 Å². The summed E-state index contributed by atoms with van der Waals surface area (Å²) < 4.78 is 12.9. The van der Waals surface area contributed by atoms with Gasteiger partial charge in [0.15, 0.2) is 0 Å². The van der Waals surface area contributed by atoms with Gasteiger partial charge in [0.05, 0.1) is 17.9 Å². The molecule has 0 aliphatic carbocycles. The summed E-state index contributed by atoms with van der Waals surface area (Å²) in [6.07, 6.45) is 0.525. The smallest absolute Gasteiger partial charge is 0.131 e. The third-order valence-electron chi connectivity index (χ3n) is 3.35. The van der Waals surface area contributed by atoms with E-state index in [0.717, 1.165) is 5.56 Å². The van der Waals surface area contributed by atoms with Crippen LogP contribution in [0.3, 0.4) is 0 Å². The molecule has 1 aromatic carbocycles. The summed E-state index contributed by atoms with van der Waals surface area (Å²) in [6.45, 7) is -0.793. The number of nitrogens with zero attached hydrogens (tertiary/aromatic N) is 2. The zero-order valence-corrected chi connectivity index (χ0v) is 13.3. The molecule has 0 amide bonds. The fourth-order valence-electron chi connectivity index (χ4n) is 2.13. The second kappa shape index (κ2) is 8.63. The Balaban J connectivity index is 2.32. The lowest BCUT2D eigenvalue weighted by molar-refractivity contribution is 0.259. The minimum absolute atomic E-state index is 0.0761. The zero-order valence-electron chi connectivity index (χ0n) is 12.5. The van der Waals surface area contributed by atoms with Gasteiger partial charge < -0.3 is 10.8 Å². The Labute approximate surface area is 139 Å². The fourth-order valence-corrected chi connectivity index (χ4v) is 3.45. The number of rotatable bonds is 7. The first-order valence-electron chi connectivity index (χ1n) is 7.22. The van der Waals surface area contributed by atoms with Crippen LogP contribution in [0.1, 0.15) is 28.5 Å². The van der Waals surface area contributed by atoms with E-state index in [1.807, 2.05) is 30.3 Å². The number of nitrogens with two attached hydrogens (primary N) is 1. The molecule has 2 atom stereocenters. The predicted octanol–water partition coefficient (Wildman–Crippen LogP) is 2.97. The van der Waals surface area contributed by atoms with Crippen molar-refractivity contribution in [2.75, 3.05) is 6.61 Å². The first kappa shape index (κ1) is 17.4. The van der Waals surface area contributed by atoms with E-state index >= 15 is 0 Å². The Morgan fingerprint density at radius 2 is 2.00 bits per heavy atom. The summed E-state index contributed by atoms with van der Waals surface area (Å²) >= 11 is 1.37. The predicted molar refractivity (Wildman–Crippen MR) is 88.5 cm³/mol. The minimum Gasteiger partial charge on any atom is -0.395 e. The lowest BCUT2D eigenvalue weighted by atomic mass is 10.1. The van der Waals surface area contributed by atoms with Crippen molar-refractivity contribution in [1.82, 2.24) is 4.98 Å². The molecule has 0 saturated carbocycles. The first-order valence-corrected chi connectivity index (χ1v) is 8.10. The highest BCUT2D eigenvalue weighted by Crippen LogP contribution is 2.38. The number of pyridine rings is 1. The third-order valence-corrected chi connectivity index (χ3v) is 4.64. The second-order valence-corrected chi connectivity index (χ2v) is 6.29. The Morgan fingerprint density at radius 3 is 2.61 bits per heavy atom. The van der Waals surface area contributed by atoms with Crippen LogP contribution in [0.2, 0.25) is 0 Å². The van der Waals surface area contributed by atoms with Crippen LogP contribution in [0, 0.1) is 11.3 Å². The van der Waals surface area contributed by atoms with Gasteiger partial charge in [-0.25, -0.2) is 9.37 Å². The van der Waals surface area contributed by atoms with E-state index in [1.165, 1.54) is 17.8 Å². The molecule has 2 aromatic rings. The Hall–Kier alpha value is -1.94. The van der Waals surface area contributed by atoms with Crippen molar-refractivity contribution >= 4 is 11.8 Å². The molecule has 6 heteroatoms. The van der Waals surface area contributed by atoms with E-state index < -0.39 is 6.67 Å². The van der Waals surface area contributed by atoms with Gasteiger partial charge in [0.1, 0.15) is 17.8 Å². The molecular weight excluding hydrogens is 313 g/mol. The number of halogens is 1. The Kier molecular flexibility index (Phi) is 6.53. The van der Waals surface area contributed by atoms with Crippen LogP contribution in [-0.2, 0) is 6.67 Å². The van der Waals surface area contributed by atoms with Gasteiger partial charge in [0, 0.05) is 11.3 Å². The fraction of sp³-hybridized carbons (Fsp3) is 0.294. The molecule has 120 valence electrons. The van der Waals surface area contributed by atoms with Crippen LogP contribution in [0.5, 0.6) is 0 Å². The standard InChI is InChI=1S/C17H18FN3OS/c18-9-15-7-6-13(10-19)17(21-15)23-16(8-14(20)11-22)12-4-2-1-3-5-12/h1-7,14,16,22H,8-9,11,20H2/t14-,16+/m0/s1. The van der Waals surface area contributed by atoms with Crippen molar-refractivity contribution in [3.63, 3.8) is 0 Å². The summed E-state index contributed by atoms with van der Waals surface area (Å²) in [7, 11) is 0. The van der Waals surface area contributed by atoms with Crippen LogP contribution in [0.15, 0.2) is 47.5 Å². The summed E-state index contributed by atoms with van der Waals surface area (Å²) in [4.78, 5) is 4.22. The quantitative estimate of drug-likeness (QED) is 0.762. The summed E-state index contributed by atoms with van der Waals surface area (Å²) in [5, 5.41) is 18.9. The van der Waals surface area contributed by atoms with Crippen molar-refractivity contribution in [3.05, 3.63) is 59.3 Å². The Morgan fingerprint density at radius 1 is 1.26 bits per heavy atom. The molecule has 23 heavy (non-hydrogen) atoms. The van der Waals surface area contributed by atoms with Crippen molar-refractivity contribution in [2.45, 2.75) is 29.4 Å². The van der Waals surface area contributed by atoms with Gasteiger partial charge in [-0.3, -0.25) is 0 Å². The normalized spacial score (nSPS) is 13.3. The molecule has 1 heterocycles. The molecule has 0 radical (unpaired) electrons. The number of hydrogen-bond donors (Lipinski definition) is 2. The van der Waals surface area contributed by atoms with E-state index in [1.54, 1.807) is 6.07 Å². The topological polar surface area (TPSA) is 82.9 Å². The number of aliphatic hydroxyl groups excluding tert-OH is 1. The van der Waals surface area contributed by atoms with Crippen molar-refractivity contribution < 1.29 is 9.50 Å². The number of nitriles is 1. The zero-order chi connectivity index (χ0) is 16.7. The maximum Gasteiger partial charge on any atom is 0.131 e. The highest BCUT2D eigenvalue weighted by Gasteiger charge is 2.19. The number of aromatic nitrogens is 1. The first-order chi connectivity index (χ1) is 11.2. The molecule has 0 fully saturated rings. The van der Waals surface area contributed by atoms with Gasteiger partial charge in [-0.1, -0.05) is 42.1 Å². The number of alkyl halides is 1. The third kappa shape index (κ3) is 4.76. The van der Waals surface area contributed by atoms with E-state index in [4.69, 9.17) is 5.73 Å². The second-order valence-electron chi connectivity index (χ2n) is 5.10. The number of aliphatic hydroxyl groups is 1. The lowest BCUT2D eigenvalue weighted by Crippen LogP contribution is -2.26. The molecule has 0 spiro atoms. The van der Waals surface area contributed by atoms with Crippen molar-refractivity contribution in [3.8, 4) is 6.07 Å². The molecule has 3 N–H and O–H groups in total. The maximum atomic E-state index is 12.9. The Bertz CT molecular complexity index is 675. The minimum atomic E-state index is -0.675. The molecule has 0 bridgehead atoms. The molecule has 2 rings (SSSR count). The average Bonchev–Trinajstić information content (AvgIpc) is 2.61. The summed E-state index contributed by atoms with van der Waals surface area (Å²) in [6, 6.07) is 14.5. The van der Waals surface area contributed by atoms with Gasteiger partial charge in [-0.05, 0) is 24.1 Å². The van der Waals surface area contributed by atoms with E-state index in [-0.39, 0.29) is 17.9 Å². The summed E-state index contributed by atoms with van der Waals surface area (Å²) in [5.41, 5.74) is 7.61. The molecule has 4 nitrogen and oxygen atoms in total. The van der Waals surface area contributed by atoms with Crippen LogP contribution in [-0.4, -0.2) is 22.7 Å². The number of benzene rings is 1. The highest BCUT2D eigenvalue weighted by atomic mass is 32.2. The van der Waals surface area contributed by atoms with Crippen LogP contribution < -0.4 is 5.73 Å². The van der Waals surface area contributed by atoms with Gasteiger partial charge >= 0.3 is 0 Å². The maximum absolute atomic E-state index is 12.9. The molecule has 0 aliphatic rings. The van der Waals surface area contributed by atoms with Crippen LogP contribution in [0.25, 0.3) is 0 Å². The monoisotopic (exact) mass is 331 g/mol. The van der Waals surface area contributed by atoms with Crippen LogP contribution in [0.4, 0.5) is 4.39 Å². The average molecular weight is 331 g/mol. The van der Waals surface area contributed by atoms with Crippen molar-refractivity contribution in [1.29, 1.82) is 5.26 Å². The SMILES string of the molecule is N#Cc1ccc(CF)nc1S[C@H](C[C@H](N)CO)c1ccccc1. The van der Waals surface area contributed by atoms with Crippen LogP contribution >= 0.6 is 11.8 Å². The van der Waals surface area contributed by atoms with Crippen molar-refractivity contribution in [2.24, 2.45) is 5.73 Å². The van der Waals surface area contributed by atoms with Gasteiger partial charge in [-0.15, -0.1) is 0 Å². The number of thioether (sulfide) groups is 1. The van der Waals surface area contributed by atoms with Gasteiger partial charge in [-0.2, -0.15) is 5.26 Å². The molecule has 1 aromatic heterocycles. The van der Waals surface area contributed by atoms with Gasteiger partial charge in [0.2, 0.25) is 0 Å².